The predicted octanol–water partition coefficient (Wildman–Crippen LogP) is 5.12. The van der Waals surface area contributed by atoms with Gasteiger partial charge in [0, 0.05) is 10.2 Å². The van der Waals surface area contributed by atoms with Gasteiger partial charge in [0.2, 0.25) is 0 Å². The van der Waals surface area contributed by atoms with Crippen molar-refractivity contribution in [2.24, 2.45) is 0 Å². The van der Waals surface area contributed by atoms with E-state index in [2.05, 4.69) is 40.4 Å². The first-order chi connectivity index (χ1) is 10.9. The van der Waals surface area contributed by atoms with Crippen molar-refractivity contribution in [2.45, 2.75) is 32.9 Å². The topological polar surface area (TPSA) is 50.4 Å². The van der Waals surface area contributed by atoms with Gasteiger partial charge in [0.05, 0.1) is 0 Å². The molecule has 2 N–H and O–H groups in total. The molecule has 0 bridgehead atoms. The molecule has 4 nitrogen and oxygen atoms in total. The van der Waals surface area contributed by atoms with E-state index in [1.54, 1.807) is 6.92 Å². The van der Waals surface area contributed by atoms with Crippen molar-refractivity contribution < 1.29 is 9.53 Å². The Labute approximate surface area is 145 Å². The summed E-state index contributed by atoms with van der Waals surface area (Å²) in [5.41, 5.74) is 1.98. The number of benzene rings is 2. The lowest BCUT2D eigenvalue weighted by atomic mass is 10.0. The molecule has 0 radical (unpaired) electrons. The van der Waals surface area contributed by atoms with Crippen LogP contribution >= 0.6 is 15.9 Å². The van der Waals surface area contributed by atoms with Gasteiger partial charge in [0.25, 0.3) is 0 Å². The molecular weight excluding hydrogens is 356 g/mol. The highest BCUT2D eigenvalue weighted by Gasteiger charge is 2.09. The number of hydrogen-bond acceptors (Lipinski definition) is 2. The van der Waals surface area contributed by atoms with Crippen molar-refractivity contribution in [2.75, 3.05) is 5.32 Å². The molecule has 5 heteroatoms. The van der Waals surface area contributed by atoms with Crippen LogP contribution in [0.4, 0.5) is 10.5 Å². The highest BCUT2D eigenvalue weighted by molar-refractivity contribution is 9.10. The number of amides is 2. The zero-order chi connectivity index (χ0) is 16.8. The van der Waals surface area contributed by atoms with Crippen LogP contribution in [0.15, 0.2) is 53.0 Å². The Balaban J connectivity index is 1.84. The van der Waals surface area contributed by atoms with E-state index in [1.807, 2.05) is 48.5 Å². The molecule has 0 heterocycles. The average Bonchev–Trinajstić information content (AvgIpc) is 2.50. The standard InChI is InChI=1S/C18H21BrN2O2/c1-12(2)14-4-10-17(11-5-14)23-13(3)20-18(22)21-16-8-6-15(19)7-9-16/h4-13H,1-3H3,(H2,20,21,22). The molecule has 0 aliphatic rings. The van der Waals surface area contributed by atoms with Crippen LogP contribution in [-0.4, -0.2) is 12.3 Å². The van der Waals surface area contributed by atoms with Gasteiger partial charge in [-0.25, -0.2) is 4.79 Å². The first-order valence-corrected chi connectivity index (χ1v) is 8.33. The third-order valence-electron chi connectivity index (χ3n) is 3.30. The summed E-state index contributed by atoms with van der Waals surface area (Å²) in [5, 5.41) is 5.50. The van der Waals surface area contributed by atoms with Crippen molar-refractivity contribution in [3.05, 3.63) is 58.6 Å². The molecule has 23 heavy (non-hydrogen) atoms. The lowest BCUT2D eigenvalue weighted by Crippen LogP contribution is -2.39. The van der Waals surface area contributed by atoms with Gasteiger partial charge in [-0.2, -0.15) is 0 Å². The third kappa shape index (κ3) is 5.60. The molecule has 0 fully saturated rings. The first-order valence-electron chi connectivity index (χ1n) is 7.54. The van der Waals surface area contributed by atoms with E-state index in [1.165, 1.54) is 5.56 Å². The van der Waals surface area contributed by atoms with E-state index >= 15 is 0 Å². The van der Waals surface area contributed by atoms with Crippen LogP contribution < -0.4 is 15.4 Å². The smallest absolute Gasteiger partial charge is 0.322 e. The third-order valence-corrected chi connectivity index (χ3v) is 3.82. The van der Waals surface area contributed by atoms with Crippen LogP contribution in [0.5, 0.6) is 5.75 Å². The maximum absolute atomic E-state index is 11.9. The fourth-order valence-corrected chi connectivity index (χ4v) is 2.31. The van der Waals surface area contributed by atoms with Gasteiger partial charge >= 0.3 is 6.03 Å². The molecule has 2 aromatic carbocycles. The van der Waals surface area contributed by atoms with E-state index in [0.717, 1.165) is 15.9 Å². The van der Waals surface area contributed by atoms with Gasteiger partial charge in [0.1, 0.15) is 5.75 Å². The first kappa shape index (κ1) is 17.3. The van der Waals surface area contributed by atoms with E-state index in [-0.39, 0.29) is 6.03 Å². The predicted molar refractivity (Wildman–Crippen MR) is 96.9 cm³/mol. The summed E-state index contributed by atoms with van der Waals surface area (Å²) in [4.78, 5) is 11.9. The van der Waals surface area contributed by atoms with Gasteiger partial charge < -0.3 is 15.4 Å². The quantitative estimate of drug-likeness (QED) is 0.711. The fourth-order valence-electron chi connectivity index (χ4n) is 2.05. The molecule has 2 amide bonds. The summed E-state index contributed by atoms with van der Waals surface area (Å²) >= 11 is 3.35. The Morgan fingerprint density at radius 2 is 1.61 bits per heavy atom. The number of urea groups is 1. The Morgan fingerprint density at radius 3 is 2.17 bits per heavy atom. The molecule has 0 saturated carbocycles. The summed E-state index contributed by atoms with van der Waals surface area (Å²) < 4.78 is 6.66. The number of halogens is 1. The fraction of sp³-hybridized carbons (Fsp3) is 0.278. The minimum absolute atomic E-state index is 0.307. The molecule has 1 unspecified atom stereocenters. The number of rotatable bonds is 5. The van der Waals surface area contributed by atoms with Crippen molar-refractivity contribution in [1.82, 2.24) is 5.32 Å². The molecule has 0 spiro atoms. The Bertz CT molecular complexity index is 639. The molecule has 2 aromatic rings. The molecule has 0 aromatic heterocycles. The summed E-state index contributed by atoms with van der Waals surface area (Å²) in [6.07, 6.45) is -0.435. The second-order valence-electron chi connectivity index (χ2n) is 5.59. The number of anilines is 1. The van der Waals surface area contributed by atoms with Crippen molar-refractivity contribution in [1.29, 1.82) is 0 Å². The molecule has 2 rings (SSSR count). The van der Waals surface area contributed by atoms with Gasteiger partial charge in [0.15, 0.2) is 6.23 Å². The van der Waals surface area contributed by atoms with Crippen LogP contribution in [0.2, 0.25) is 0 Å². The highest BCUT2D eigenvalue weighted by Crippen LogP contribution is 2.19. The SMILES string of the molecule is CC(NC(=O)Nc1ccc(Br)cc1)Oc1ccc(C(C)C)cc1. The van der Waals surface area contributed by atoms with E-state index in [0.29, 0.717) is 5.92 Å². The molecule has 0 aliphatic heterocycles. The second kappa shape index (κ2) is 8.02. The van der Waals surface area contributed by atoms with Gasteiger partial charge in [-0.05, 0) is 54.8 Å². The number of ether oxygens (including phenoxy) is 1. The molecule has 1 atom stereocenters. The monoisotopic (exact) mass is 376 g/mol. The minimum Gasteiger partial charge on any atom is -0.471 e. The summed E-state index contributed by atoms with van der Waals surface area (Å²) in [7, 11) is 0. The number of hydrogen-bond donors (Lipinski definition) is 2. The average molecular weight is 377 g/mol. The second-order valence-corrected chi connectivity index (χ2v) is 6.50. The summed E-state index contributed by atoms with van der Waals surface area (Å²) in [5.74, 6) is 1.21. The highest BCUT2D eigenvalue weighted by atomic mass is 79.9. The number of nitrogens with one attached hydrogen (secondary N) is 2. The van der Waals surface area contributed by atoms with E-state index in [9.17, 15) is 4.79 Å². The van der Waals surface area contributed by atoms with Crippen LogP contribution in [0, 0.1) is 0 Å². The molecule has 0 aliphatic carbocycles. The minimum atomic E-state index is -0.435. The van der Waals surface area contributed by atoms with Crippen LogP contribution in [0.3, 0.4) is 0 Å². The van der Waals surface area contributed by atoms with Crippen LogP contribution in [0.1, 0.15) is 32.3 Å². The summed E-state index contributed by atoms with van der Waals surface area (Å²) in [6, 6.07) is 15.0. The van der Waals surface area contributed by atoms with Crippen molar-refractivity contribution in [3.8, 4) is 5.75 Å². The normalized spacial score (nSPS) is 11.9. The van der Waals surface area contributed by atoms with E-state index in [4.69, 9.17) is 4.74 Å². The Hall–Kier alpha value is -2.01. The molecule has 122 valence electrons. The Kier molecular flexibility index (Phi) is 6.04. The van der Waals surface area contributed by atoms with Crippen molar-refractivity contribution >= 4 is 27.6 Å². The zero-order valence-corrected chi connectivity index (χ0v) is 15.1. The maximum atomic E-state index is 11.9. The summed E-state index contributed by atoms with van der Waals surface area (Å²) in [6.45, 7) is 6.08. The number of carbonyl (C=O) groups is 1. The van der Waals surface area contributed by atoms with E-state index < -0.39 is 6.23 Å². The number of carbonyl (C=O) groups excluding carboxylic acids is 1. The van der Waals surface area contributed by atoms with Gasteiger partial charge in [-0.15, -0.1) is 0 Å². The van der Waals surface area contributed by atoms with Gasteiger partial charge in [-0.3, -0.25) is 0 Å². The lowest BCUT2D eigenvalue weighted by molar-refractivity contribution is 0.183. The largest absolute Gasteiger partial charge is 0.471 e. The zero-order valence-electron chi connectivity index (χ0n) is 13.5. The molecule has 0 saturated heterocycles. The molecular formula is C18H21BrN2O2. The lowest BCUT2D eigenvalue weighted by Gasteiger charge is -2.17. The van der Waals surface area contributed by atoms with Crippen molar-refractivity contribution in [3.63, 3.8) is 0 Å². The van der Waals surface area contributed by atoms with Crippen LogP contribution in [-0.2, 0) is 0 Å². The van der Waals surface area contributed by atoms with Crippen LogP contribution in [0.25, 0.3) is 0 Å². The van der Waals surface area contributed by atoms with Gasteiger partial charge in [-0.1, -0.05) is 41.9 Å². The Morgan fingerprint density at radius 1 is 1.00 bits per heavy atom. The maximum Gasteiger partial charge on any atom is 0.322 e.